The van der Waals surface area contributed by atoms with Gasteiger partial charge in [-0.2, -0.15) is 0 Å². The molecule has 0 radical (unpaired) electrons. The number of esters is 2. The van der Waals surface area contributed by atoms with Crippen LogP contribution in [0.15, 0.2) is 0 Å². The molecule has 1 heterocycles. The summed E-state index contributed by atoms with van der Waals surface area (Å²) >= 11 is 0. The van der Waals surface area contributed by atoms with Crippen LogP contribution >= 0.6 is 0 Å². The predicted molar refractivity (Wildman–Crippen MR) is 160 cm³/mol. The molecule has 10 heteroatoms. The Kier molecular flexibility index (Phi) is 23.1. The van der Waals surface area contributed by atoms with Crippen LogP contribution in [0, 0.1) is 0 Å². The summed E-state index contributed by atoms with van der Waals surface area (Å²) in [5, 5.41) is 39.4. The number of aliphatic hydroxyl groups is 4. The van der Waals surface area contributed by atoms with E-state index in [4.69, 9.17) is 18.9 Å². The third-order valence-electron chi connectivity index (χ3n) is 7.71. The maximum Gasteiger partial charge on any atom is 0.306 e. The van der Waals surface area contributed by atoms with Gasteiger partial charge in [-0.3, -0.25) is 9.59 Å². The van der Waals surface area contributed by atoms with Gasteiger partial charge in [-0.1, -0.05) is 110 Å². The summed E-state index contributed by atoms with van der Waals surface area (Å²) in [5.74, 6) is -0.862. The maximum absolute atomic E-state index is 12.5. The van der Waals surface area contributed by atoms with Crippen molar-refractivity contribution in [2.24, 2.45) is 0 Å². The molecule has 0 bridgehead atoms. The average molecular weight is 605 g/mol. The first-order chi connectivity index (χ1) is 20.3. The lowest BCUT2D eigenvalue weighted by molar-refractivity contribution is -0.305. The van der Waals surface area contributed by atoms with Gasteiger partial charge in [0.25, 0.3) is 0 Å². The molecule has 10 nitrogen and oxygen atoms in total. The van der Waals surface area contributed by atoms with E-state index in [1.807, 2.05) is 6.92 Å². The minimum atomic E-state index is -1.58. The van der Waals surface area contributed by atoms with Crippen molar-refractivity contribution in [3.8, 4) is 0 Å². The molecule has 0 aromatic carbocycles. The Morgan fingerprint density at radius 1 is 0.643 bits per heavy atom. The standard InChI is InChI=1S/C32H60O10/c1-3-5-6-7-8-9-10-11-12-13-14-15-16-17-18-19-21-28(35)41-25(23-39-27(34)20-4-2)24-40-32-31(38)30(37)29(36)26(22-33)42-32/h25-26,29-33,36-38H,3-24H2,1-2H3. The smallest absolute Gasteiger partial charge is 0.306 e. The number of hydrogen-bond donors (Lipinski definition) is 4. The Hall–Kier alpha value is -1.30. The topological polar surface area (TPSA) is 152 Å². The van der Waals surface area contributed by atoms with Crippen LogP contribution in [0.25, 0.3) is 0 Å². The summed E-state index contributed by atoms with van der Waals surface area (Å²) in [6, 6.07) is 0. The second-order valence-corrected chi connectivity index (χ2v) is 11.6. The first-order valence-electron chi connectivity index (χ1n) is 16.6. The lowest BCUT2D eigenvalue weighted by Gasteiger charge is -2.39. The monoisotopic (exact) mass is 604 g/mol. The van der Waals surface area contributed by atoms with Crippen molar-refractivity contribution < 1.29 is 49.0 Å². The average Bonchev–Trinajstić information content (AvgIpc) is 2.98. The normalized spacial score (nSPS) is 23.0. The van der Waals surface area contributed by atoms with Crippen molar-refractivity contribution in [2.75, 3.05) is 19.8 Å². The molecule has 1 saturated heterocycles. The number of carbonyl (C=O) groups is 2. The SMILES string of the molecule is CCCCCCCCCCCCCCCCCCC(=O)OC(COC(=O)CCC)COC1OC(CO)C(O)C(O)C1O. The molecule has 0 aromatic rings. The highest BCUT2D eigenvalue weighted by molar-refractivity contribution is 5.70. The zero-order valence-electron chi connectivity index (χ0n) is 26.3. The lowest BCUT2D eigenvalue weighted by Crippen LogP contribution is -2.59. The molecule has 1 fully saturated rings. The van der Waals surface area contributed by atoms with E-state index in [1.54, 1.807) is 0 Å². The number of ether oxygens (including phenoxy) is 4. The van der Waals surface area contributed by atoms with Crippen LogP contribution < -0.4 is 0 Å². The largest absolute Gasteiger partial charge is 0.462 e. The Balaban J connectivity index is 2.24. The molecule has 0 aromatic heterocycles. The quantitative estimate of drug-likeness (QED) is 0.0807. The van der Waals surface area contributed by atoms with Gasteiger partial charge in [0.15, 0.2) is 12.4 Å². The Labute approximate surface area is 253 Å². The van der Waals surface area contributed by atoms with Crippen molar-refractivity contribution in [3.05, 3.63) is 0 Å². The van der Waals surface area contributed by atoms with E-state index in [-0.39, 0.29) is 26.1 Å². The van der Waals surface area contributed by atoms with Crippen LogP contribution in [0.1, 0.15) is 136 Å². The third kappa shape index (κ3) is 17.7. The maximum atomic E-state index is 12.5. The molecule has 0 saturated carbocycles. The van der Waals surface area contributed by atoms with E-state index in [1.165, 1.54) is 77.0 Å². The molecule has 6 unspecified atom stereocenters. The summed E-state index contributed by atoms with van der Waals surface area (Å²) in [5.41, 5.74) is 0. The van der Waals surface area contributed by atoms with Gasteiger partial charge < -0.3 is 39.4 Å². The van der Waals surface area contributed by atoms with Gasteiger partial charge in [0.05, 0.1) is 13.2 Å². The number of aliphatic hydroxyl groups excluding tert-OH is 4. The zero-order valence-corrected chi connectivity index (χ0v) is 26.3. The molecule has 42 heavy (non-hydrogen) atoms. The van der Waals surface area contributed by atoms with Crippen LogP contribution in [0.3, 0.4) is 0 Å². The van der Waals surface area contributed by atoms with Crippen molar-refractivity contribution in [3.63, 3.8) is 0 Å². The highest BCUT2D eigenvalue weighted by Gasteiger charge is 2.44. The van der Waals surface area contributed by atoms with Crippen LogP contribution in [-0.2, 0) is 28.5 Å². The molecule has 1 rings (SSSR count). The van der Waals surface area contributed by atoms with Crippen LogP contribution in [0.2, 0.25) is 0 Å². The van der Waals surface area contributed by atoms with Gasteiger partial charge in [0.1, 0.15) is 31.0 Å². The zero-order chi connectivity index (χ0) is 31.0. The summed E-state index contributed by atoms with van der Waals surface area (Å²) in [7, 11) is 0. The molecule has 6 atom stereocenters. The van der Waals surface area contributed by atoms with Gasteiger partial charge >= 0.3 is 11.9 Å². The minimum Gasteiger partial charge on any atom is -0.462 e. The molecule has 0 spiro atoms. The summed E-state index contributed by atoms with van der Waals surface area (Å²) < 4.78 is 21.5. The van der Waals surface area contributed by atoms with Gasteiger partial charge in [-0.15, -0.1) is 0 Å². The molecular weight excluding hydrogens is 544 g/mol. The van der Waals surface area contributed by atoms with E-state index < -0.39 is 55.4 Å². The molecule has 248 valence electrons. The number of carbonyl (C=O) groups excluding carboxylic acids is 2. The highest BCUT2D eigenvalue weighted by Crippen LogP contribution is 2.22. The molecule has 0 aliphatic carbocycles. The first kappa shape index (κ1) is 38.7. The Morgan fingerprint density at radius 2 is 1.17 bits per heavy atom. The summed E-state index contributed by atoms with van der Waals surface area (Å²) in [6.45, 7) is 3.02. The van der Waals surface area contributed by atoms with E-state index >= 15 is 0 Å². The van der Waals surface area contributed by atoms with E-state index in [0.717, 1.165) is 19.3 Å². The van der Waals surface area contributed by atoms with Crippen molar-refractivity contribution in [1.29, 1.82) is 0 Å². The van der Waals surface area contributed by atoms with Gasteiger partial charge in [-0.25, -0.2) is 0 Å². The fourth-order valence-corrected chi connectivity index (χ4v) is 5.05. The van der Waals surface area contributed by atoms with Gasteiger partial charge in [0.2, 0.25) is 0 Å². The predicted octanol–water partition coefficient (Wildman–Crippen LogP) is 4.71. The van der Waals surface area contributed by atoms with Gasteiger partial charge in [-0.05, 0) is 12.8 Å². The van der Waals surface area contributed by atoms with Crippen molar-refractivity contribution in [2.45, 2.75) is 173 Å². The molecule has 1 aliphatic heterocycles. The fraction of sp³-hybridized carbons (Fsp3) is 0.938. The Bertz CT molecular complexity index is 674. The van der Waals surface area contributed by atoms with Gasteiger partial charge in [0, 0.05) is 12.8 Å². The highest BCUT2D eigenvalue weighted by atomic mass is 16.7. The van der Waals surface area contributed by atoms with Crippen LogP contribution in [-0.4, -0.2) is 89.0 Å². The fourth-order valence-electron chi connectivity index (χ4n) is 5.05. The van der Waals surface area contributed by atoms with Crippen molar-refractivity contribution >= 4 is 11.9 Å². The lowest BCUT2D eigenvalue weighted by atomic mass is 9.99. The second kappa shape index (κ2) is 25.1. The number of unbranched alkanes of at least 4 members (excludes halogenated alkanes) is 15. The first-order valence-corrected chi connectivity index (χ1v) is 16.6. The van der Waals surface area contributed by atoms with Crippen LogP contribution in [0.5, 0.6) is 0 Å². The minimum absolute atomic E-state index is 0.221. The second-order valence-electron chi connectivity index (χ2n) is 11.6. The summed E-state index contributed by atoms with van der Waals surface area (Å²) in [6.07, 6.45) is 12.9. The molecular formula is C32H60O10. The van der Waals surface area contributed by atoms with E-state index in [0.29, 0.717) is 12.8 Å². The summed E-state index contributed by atoms with van der Waals surface area (Å²) in [4.78, 5) is 24.3. The molecule has 0 amide bonds. The van der Waals surface area contributed by atoms with E-state index in [2.05, 4.69) is 6.92 Å². The Morgan fingerprint density at radius 3 is 1.67 bits per heavy atom. The van der Waals surface area contributed by atoms with Crippen molar-refractivity contribution in [1.82, 2.24) is 0 Å². The molecule has 4 N–H and O–H groups in total. The van der Waals surface area contributed by atoms with Crippen LogP contribution in [0.4, 0.5) is 0 Å². The number of hydrogen-bond acceptors (Lipinski definition) is 10. The van der Waals surface area contributed by atoms with E-state index in [9.17, 15) is 30.0 Å². The molecule has 1 aliphatic rings. The number of rotatable bonds is 26. The third-order valence-corrected chi connectivity index (χ3v) is 7.71.